The third-order valence-corrected chi connectivity index (χ3v) is 7.11. The summed E-state index contributed by atoms with van der Waals surface area (Å²) in [6.07, 6.45) is 1.82. The molecule has 172 valence electrons. The lowest BCUT2D eigenvalue weighted by Gasteiger charge is -2.32. The van der Waals surface area contributed by atoms with Gasteiger partial charge in [0.1, 0.15) is 5.82 Å². The summed E-state index contributed by atoms with van der Waals surface area (Å²) in [6, 6.07) is 14.2. The molecule has 0 radical (unpaired) electrons. The Morgan fingerprint density at radius 2 is 1.82 bits per heavy atom. The summed E-state index contributed by atoms with van der Waals surface area (Å²) in [5.74, 6) is 0.458. The maximum atomic E-state index is 13.3. The van der Waals surface area contributed by atoms with Crippen LogP contribution in [0.15, 0.2) is 69.8 Å². The lowest BCUT2D eigenvalue weighted by Crippen LogP contribution is -2.32. The maximum Gasteiger partial charge on any atom is 0.269 e. The minimum atomic E-state index is -0.618. The van der Waals surface area contributed by atoms with Gasteiger partial charge in [0, 0.05) is 41.5 Å². The van der Waals surface area contributed by atoms with Crippen LogP contribution in [-0.4, -0.2) is 20.7 Å². The van der Waals surface area contributed by atoms with Crippen LogP contribution in [-0.2, 0) is 10.5 Å². The van der Waals surface area contributed by atoms with Crippen molar-refractivity contribution in [1.82, 2.24) is 9.97 Å². The number of anilines is 1. The van der Waals surface area contributed by atoms with Gasteiger partial charge in [0.05, 0.1) is 10.5 Å². The van der Waals surface area contributed by atoms with Crippen LogP contribution in [0.5, 0.6) is 0 Å². The summed E-state index contributed by atoms with van der Waals surface area (Å²) in [7, 11) is 0. The van der Waals surface area contributed by atoms with Gasteiger partial charge in [-0.15, -0.1) is 0 Å². The number of rotatable bonds is 5. The van der Waals surface area contributed by atoms with Crippen molar-refractivity contribution >= 4 is 29.1 Å². The molecule has 9 heteroatoms. The summed E-state index contributed by atoms with van der Waals surface area (Å²) < 4.78 is 0. The third-order valence-electron chi connectivity index (χ3n) is 6.17. The highest BCUT2D eigenvalue weighted by molar-refractivity contribution is 7.98. The Morgan fingerprint density at radius 1 is 1.09 bits per heavy atom. The lowest BCUT2D eigenvalue weighted by molar-refractivity contribution is -0.384. The Balaban J connectivity index is 1.54. The molecule has 0 saturated carbocycles. The maximum absolute atomic E-state index is 13.3. The number of ketones is 1. The first-order chi connectivity index (χ1) is 16.4. The number of aromatic amines is 1. The van der Waals surface area contributed by atoms with Crippen molar-refractivity contribution in [1.29, 1.82) is 0 Å². The second kappa shape index (κ2) is 8.90. The van der Waals surface area contributed by atoms with E-state index in [1.54, 1.807) is 12.1 Å². The Hall–Kier alpha value is -3.72. The van der Waals surface area contributed by atoms with Crippen LogP contribution >= 0.6 is 11.8 Å². The molecule has 1 aromatic heterocycles. The molecule has 2 aromatic carbocycles. The zero-order valence-electron chi connectivity index (χ0n) is 18.5. The van der Waals surface area contributed by atoms with Crippen molar-refractivity contribution in [3.8, 4) is 0 Å². The number of thioether (sulfide) groups is 1. The second-order valence-corrected chi connectivity index (χ2v) is 9.45. The van der Waals surface area contributed by atoms with Crippen LogP contribution < -0.4 is 10.9 Å². The smallest absolute Gasteiger partial charge is 0.269 e. The minimum absolute atomic E-state index is 0.0139. The molecule has 5 rings (SSSR count). The number of hydrogen-bond acceptors (Lipinski definition) is 7. The first-order valence-corrected chi connectivity index (χ1v) is 12.0. The summed E-state index contributed by atoms with van der Waals surface area (Å²) in [6.45, 7) is 2.03. The largest absolute Gasteiger partial charge is 0.343 e. The molecule has 2 N–H and O–H groups in total. The van der Waals surface area contributed by atoms with Crippen molar-refractivity contribution < 1.29 is 9.72 Å². The van der Waals surface area contributed by atoms with Gasteiger partial charge in [-0.25, -0.2) is 4.98 Å². The SMILES string of the molecule is Cc1ccc(CSc2nc3c(c(=O)[nH]2)C(c2ccc([N+](=O)[O-])cc2)C2=C(CCCC2=O)N3)cc1. The number of carbonyl (C=O) groups is 1. The number of aryl methyl sites for hydroxylation is 1. The summed E-state index contributed by atoms with van der Waals surface area (Å²) in [4.78, 5) is 44.4. The van der Waals surface area contributed by atoms with E-state index >= 15 is 0 Å². The van der Waals surface area contributed by atoms with Crippen LogP contribution in [0.3, 0.4) is 0 Å². The van der Waals surface area contributed by atoms with E-state index in [-0.39, 0.29) is 17.0 Å². The Bertz CT molecular complexity index is 1380. The molecule has 1 atom stereocenters. The first kappa shape index (κ1) is 22.1. The number of H-pyrrole nitrogens is 1. The molecule has 0 bridgehead atoms. The number of benzene rings is 2. The van der Waals surface area contributed by atoms with Gasteiger partial charge >= 0.3 is 0 Å². The molecule has 2 aliphatic rings. The van der Waals surface area contributed by atoms with E-state index in [9.17, 15) is 19.7 Å². The number of nitrogens with one attached hydrogen (secondary N) is 2. The Morgan fingerprint density at radius 3 is 2.53 bits per heavy atom. The highest BCUT2D eigenvalue weighted by Gasteiger charge is 2.38. The fraction of sp³-hybridized carbons (Fsp3) is 0.240. The summed E-state index contributed by atoms with van der Waals surface area (Å²) in [5, 5.41) is 14.8. The Kier molecular flexibility index (Phi) is 5.79. The van der Waals surface area contributed by atoms with Gasteiger partial charge in [0.15, 0.2) is 10.9 Å². The van der Waals surface area contributed by atoms with Crippen molar-refractivity contribution in [2.24, 2.45) is 0 Å². The van der Waals surface area contributed by atoms with Crippen molar-refractivity contribution in [2.75, 3.05) is 5.32 Å². The van der Waals surface area contributed by atoms with Crippen LogP contribution in [0, 0.1) is 17.0 Å². The topological polar surface area (TPSA) is 118 Å². The number of non-ortho nitro benzene ring substituents is 1. The zero-order chi connectivity index (χ0) is 23.8. The van der Waals surface area contributed by atoms with E-state index in [2.05, 4.69) is 15.3 Å². The molecule has 3 aromatic rings. The van der Waals surface area contributed by atoms with E-state index in [1.165, 1.54) is 29.5 Å². The molecule has 1 aliphatic carbocycles. The molecule has 1 unspecified atom stereocenters. The highest BCUT2D eigenvalue weighted by Crippen LogP contribution is 2.43. The predicted octanol–water partition coefficient (Wildman–Crippen LogP) is 4.84. The average molecular weight is 475 g/mol. The van der Waals surface area contributed by atoms with Crippen LogP contribution in [0.1, 0.15) is 47.4 Å². The van der Waals surface area contributed by atoms with E-state index < -0.39 is 10.8 Å². The van der Waals surface area contributed by atoms with Gasteiger partial charge in [-0.1, -0.05) is 53.7 Å². The van der Waals surface area contributed by atoms with Gasteiger partial charge in [0.2, 0.25) is 0 Å². The molecule has 0 fully saturated rings. The molecule has 2 heterocycles. The van der Waals surface area contributed by atoms with E-state index in [1.807, 2.05) is 31.2 Å². The number of carbonyl (C=O) groups excluding carboxylic acids is 1. The normalized spacial score (nSPS) is 17.1. The van der Waals surface area contributed by atoms with Crippen molar-refractivity contribution in [3.63, 3.8) is 0 Å². The number of hydrogen-bond donors (Lipinski definition) is 2. The molecule has 8 nitrogen and oxygen atoms in total. The quantitative estimate of drug-likeness (QED) is 0.235. The van der Waals surface area contributed by atoms with Crippen LogP contribution in [0.2, 0.25) is 0 Å². The average Bonchev–Trinajstić information content (AvgIpc) is 2.82. The minimum Gasteiger partial charge on any atom is -0.343 e. The van der Waals surface area contributed by atoms with Gasteiger partial charge in [-0.05, 0) is 30.9 Å². The molecule has 1 aliphatic heterocycles. The number of aromatic nitrogens is 2. The van der Waals surface area contributed by atoms with Gasteiger partial charge in [-0.2, -0.15) is 0 Å². The fourth-order valence-electron chi connectivity index (χ4n) is 4.47. The zero-order valence-corrected chi connectivity index (χ0v) is 19.3. The standard InChI is InChI=1S/C25H22N4O4S/c1-14-5-7-15(8-6-14)13-34-25-27-23-22(24(31)28-25)20(16-9-11-17(12-10-16)29(32)33)21-18(26-23)3-2-4-19(21)30/h5-12,20H,2-4,13H2,1H3,(H2,26,27,28,31). The van der Waals surface area contributed by atoms with Crippen molar-refractivity contribution in [2.45, 2.75) is 43.0 Å². The number of nitro benzene ring substituents is 1. The number of Topliss-reactive ketones (excluding diaryl/α,β-unsaturated/α-hetero) is 1. The predicted molar refractivity (Wildman–Crippen MR) is 130 cm³/mol. The Labute approximate surface area is 199 Å². The first-order valence-electron chi connectivity index (χ1n) is 11.0. The molecule has 0 amide bonds. The monoisotopic (exact) mass is 474 g/mol. The fourth-order valence-corrected chi connectivity index (χ4v) is 5.28. The van der Waals surface area contributed by atoms with E-state index in [0.717, 1.165) is 17.7 Å². The number of nitrogens with zero attached hydrogens (tertiary/aromatic N) is 2. The van der Waals surface area contributed by atoms with Crippen LogP contribution in [0.4, 0.5) is 11.5 Å². The van der Waals surface area contributed by atoms with Crippen molar-refractivity contribution in [3.05, 3.63) is 103 Å². The third kappa shape index (κ3) is 4.14. The van der Waals surface area contributed by atoms with Gasteiger partial charge in [-0.3, -0.25) is 19.7 Å². The second-order valence-electron chi connectivity index (χ2n) is 8.48. The molecular weight excluding hydrogens is 452 g/mol. The van der Waals surface area contributed by atoms with Crippen LogP contribution in [0.25, 0.3) is 0 Å². The molecule has 0 saturated heterocycles. The number of fused-ring (bicyclic) bond motifs is 1. The highest BCUT2D eigenvalue weighted by atomic mass is 32.2. The van der Waals surface area contributed by atoms with Gasteiger partial charge in [0.25, 0.3) is 11.2 Å². The molecule has 34 heavy (non-hydrogen) atoms. The van der Waals surface area contributed by atoms with E-state index in [0.29, 0.717) is 46.3 Å². The van der Waals surface area contributed by atoms with Gasteiger partial charge < -0.3 is 10.3 Å². The number of allylic oxidation sites excluding steroid dienone is 2. The summed E-state index contributed by atoms with van der Waals surface area (Å²) >= 11 is 1.43. The lowest BCUT2D eigenvalue weighted by atomic mass is 9.76. The van der Waals surface area contributed by atoms with E-state index in [4.69, 9.17) is 0 Å². The number of nitro groups is 1. The molecular formula is C25H22N4O4S. The summed E-state index contributed by atoms with van der Waals surface area (Å²) in [5.41, 5.74) is 4.29. The molecule has 0 spiro atoms.